The van der Waals surface area contributed by atoms with E-state index < -0.39 is 5.97 Å². The minimum atomic E-state index is -1.05. The number of hydrogen-bond donors (Lipinski definition) is 1. The van der Waals surface area contributed by atoms with Crippen LogP contribution in [0.4, 0.5) is 0 Å². The van der Waals surface area contributed by atoms with Crippen LogP contribution in [0.25, 0.3) is 0 Å². The molecule has 0 saturated heterocycles. The van der Waals surface area contributed by atoms with E-state index in [1.54, 1.807) is 17.4 Å². The van der Waals surface area contributed by atoms with E-state index in [1.807, 2.05) is 5.38 Å². The van der Waals surface area contributed by atoms with Gasteiger partial charge >= 0.3 is 5.97 Å². The van der Waals surface area contributed by atoms with Crippen LogP contribution in [0.5, 0.6) is 5.75 Å². The van der Waals surface area contributed by atoms with Crippen LogP contribution in [0.3, 0.4) is 0 Å². The molecule has 2 heterocycles. The van der Waals surface area contributed by atoms with Gasteiger partial charge in [0.05, 0.1) is 16.9 Å². The maximum atomic E-state index is 10.6. The normalized spacial score (nSPS) is 10.3. The summed E-state index contributed by atoms with van der Waals surface area (Å²) in [5.41, 5.74) is 0.878. The lowest BCUT2D eigenvalue weighted by molar-refractivity contribution is 0.0690. The number of thiazole rings is 1. The SMILES string of the molecule is CCc1nc(COc2ccc(C(=O)O)nc2)cs1. The van der Waals surface area contributed by atoms with Crippen molar-refractivity contribution in [3.63, 3.8) is 0 Å². The largest absolute Gasteiger partial charge is 0.486 e. The van der Waals surface area contributed by atoms with E-state index in [0.29, 0.717) is 12.4 Å². The fraction of sp³-hybridized carbons (Fsp3) is 0.250. The van der Waals surface area contributed by atoms with Crippen LogP contribution >= 0.6 is 11.3 Å². The first-order valence-electron chi connectivity index (χ1n) is 5.44. The lowest BCUT2D eigenvalue weighted by Gasteiger charge is -2.03. The molecule has 0 radical (unpaired) electrons. The first-order chi connectivity index (χ1) is 8.69. The highest BCUT2D eigenvalue weighted by molar-refractivity contribution is 7.09. The monoisotopic (exact) mass is 264 g/mol. The molecule has 0 fully saturated rings. The highest BCUT2D eigenvalue weighted by Gasteiger charge is 2.05. The summed E-state index contributed by atoms with van der Waals surface area (Å²) in [6.45, 7) is 2.42. The standard InChI is InChI=1S/C12H12N2O3S/c1-2-11-14-8(7-18-11)6-17-9-3-4-10(12(15)16)13-5-9/h3-5,7H,2,6H2,1H3,(H,15,16). The first-order valence-corrected chi connectivity index (χ1v) is 6.32. The maximum absolute atomic E-state index is 10.6. The number of aromatic carboxylic acids is 1. The van der Waals surface area contributed by atoms with Gasteiger partial charge in [0.1, 0.15) is 18.1 Å². The van der Waals surface area contributed by atoms with Gasteiger partial charge in [0.15, 0.2) is 0 Å². The average molecular weight is 264 g/mol. The molecule has 2 aromatic heterocycles. The number of nitrogens with zero attached hydrogens (tertiary/aromatic N) is 2. The summed E-state index contributed by atoms with van der Waals surface area (Å²) in [4.78, 5) is 18.8. The van der Waals surface area contributed by atoms with Crippen molar-refractivity contribution in [2.45, 2.75) is 20.0 Å². The van der Waals surface area contributed by atoms with Gasteiger partial charge in [0, 0.05) is 5.38 Å². The molecule has 2 rings (SSSR count). The molecule has 94 valence electrons. The number of hydrogen-bond acceptors (Lipinski definition) is 5. The van der Waals surface area contributed by atoms with Gasteiger partial charge < -0.3 is 9.84 Å². The van der Waals surface area contributed by atoms with Crippen molar-refractivity contribution in [1.82, 2.24) is 9.97 Å². The second kappa shape index (κ2) is 5.59. The zero-order valence-corrected chi connectivity index (χ0v) is 10.6. The molecule has 0 aliphatic carbocycles. The number of pyridine rings is 1. The summed E-state index contributed by atoms with van der Waals surface area (Å²) in [5.74, 6) is -0.514. The topological polar surface area (TPSA) is 72.3 Å². The Morgan fingerprint density at radius 3 is 2.89 bits per heavy atom. The summed E-state index contributed by atoms with van der Waals surface area (Å²) < 4.78 is 5.47. The van der Waals surface area contributed by atoms with E-state index in [4.69, 9.17) is 9.84 Å². The summed E-state index contributed by atoms with van der Waals surface area (Å²) in [6, 6.07) is 3.00. The fourth-order valence-electron chi connectivity index (χ4n) is 1.33. The van der Waals surface area contributed by atoms with Crippen LogP contribution in [-0.4, -0.2) is 21.0 Å². The van der Waals surface area contributed by atoms with Gasteiger partial charge in [-0.2, -0.15) is 0 Å². The maximum Gasteiger partial charge on any atom is 0.354 e. The molecule has 0 saturated carbocycles. The molecule has 18 heavy (non-hydrogen) atoms. The van der Waals surface area contributed by atoms with E-state index >= 15 is 0 Å². The lowest BCUT2D eigenvalue weighted by atomic mass is 10.3. The number of carbonyl (C=O) groups is 1. The fourth-order valence-corrected chi connectivity index (χ4v) is 2.06. The summed E-state index contributed by atoms with van der Waals surface area (Å²) >= 11 is 1.61. The van der Waals surface area contributed by atoms with Crippen LogP contribution in [-0.2, 0) is 13.0 Å². The van der Waals surface area contributed by atoms with Gasteiger partial charge in [-0.25, -0.2) is 14.8 Å². The van der Waals surface area contributed by atoms with Crippen LogP contribution in [0, 0.1) is 0 Å². The molecule has 0 atom stereocenters. The Labute approximate surface area is 108 Å². The van der Waals surface area contributed by atoms with Gasteiger partial charge in [-0.1, -0.05) is 6.92 Å². The van der Waals surface area contributed by atoms with Crippen LogP contribution in [0.1, 0.15) is 28.1 Å². The van der Waals surface area contributed by atoms with Crippen molar-refractivity contribution in [2.75, 3.05) is 0 Å². The summed E-state index contributed by atoms with van der Waals surface area (Å²) in [6.07, 6.45) is 2.32. The highest BCUT2D eigenvalue weighted by Crippen LogP contribution is 2.14. The third-order valence-corrected chi connectivity index (χ3v) is 3.29. The van der Waals surface area contributed by atoms with Gasteiger partial charge in [-0.3, -0.25) is 0 Å². The number of rotatable bonds is 5. The first kappa shape index (κ1) is 12.5. The van der Waals surface area contributed by atoms with E-state index in [-0.39, 0.29) is 5.69 Å². The number of carboxylic acids is 1. The van der Waals surface area contributed by atoms with Gasteiger partial charge in [0.25, 0.3) is 0 Å². The average Bonchev–Trinajstić information content (AvgIpc) is 2.85. The van der Waals surface area contributed by atoms with Gasteiger partial charge in [-0.15, -0.1) is 11.3 Å². The predicted octanol–water partition coefficient (Wildman–Crippen LogP) is 2.38. The number of carboxylic acid groups (broad SMARTS) is 1. The molecule has 2 aromatic rings. The smallest absolute Gasteiger partial charge is 0.354 e. The Balaban J connectivity index is 1.95. The molecule has 0 bridgehead atoms. The molecule has 0 amide bonds. The van der Waals surface area contributed by atoms with E-state index in [9.17, 15) is 4.79 Å². The van der Waals surface area contributed by atoms with Crippen molar-refractivity contribution in [3.05, 3.63) is 40.1 Å². The second-order valence-electron chi connectivity index (χ2n) is 3.56. The third kappa shape index (κ3) is 3.04. The minimum absolute atomic E-state index is 0.00396. The molecule has 5 nitrogen and oxygen atoms in total. The summed E-state index contributed by atoms with van der Waals surface area (Å²) in [7, 11) is 0. The molecule has 0 aromatic carbocycles. The Bertz CT molecular complexity index is 537. The molecule has 1 N–H and O–H groups in total. The summed E-state index contributed by atoms with van der Waals surface area (Å²) in [5, 5.41) is 11.7. The Morgan fingerprint density at radius 1 is 1.50 bits per heavy atom. The van der Waals surface area contributed by atoms with Crippen molar-refractivity contribution in [3.8, 4) is 5.75 Å². The number of ether oxygens (including phenoxy) is 1. The van der Waals surface area contributed by atoms with Crippen LogP contribution < -0.4 is 4.74 Å². The number of aryl methyl sites for hydroxylation is 1. The predicted molar refractivity (Wildman–Crippen MR) is 67.0 cm³/mol. The second-order valence-corrected chi connectivity index (χ2v) is 4.50. The molecule has 0 aliphatic rings. The van der Waals surface area contributed by atoms with Gasteiger partial charge in [0.2, 0.25) is 0 Å². The molecular weight excluding hydrogens is 252 g/mol. The lowest BCUT2D eigenvalue weighted by Crippen LogP contribution is -2.01. The van der Waals surface area contributed by atoms with Crippen molar-refractivity contribution >= 4 is 17.3 Å². The molecule has 6 heteroatoms. The Hall–Kier alpha value is -1.95. The van der Waals surface area contributed by atoms with Crippen molar-refractivity contribution in [2.24, 2.45) is 0 Å². The minimum Gasteiger partial charge on any atom is -0.486 e. The Kier molecular flexibility index (Phi) is 3.88. The van der Waals surface area contributed by atoms with Crippen LogP contribution in [0.2, 0.25) is 0 Å². The molecule has 0 unspecified atom stereocenters. The van der Waals surface area contributed by atoms with E-state index in [2.05, 4.69) is 16.9 Å². The number of aromatic nitrogens is 2. The molecule has 0 spiro atoms. The zero-order valence-electron chi connectivity index (χ0n) is 9.79. The Morgan fingerprint density at radius 2 is 2.33 bits per heavy atom. The highest BCUT2D eigenvalue weighted by atomic mass is 32.1. The zero-order chi connectivity index (χ0) is 13.0. The third-order valence-electron chi connectivity index (χ3n) is 2.24. The van der Waals surface area contributed by atoms with Gasteiger partial charge in [-0.05, 0) is 18.6 Å². The van der Waals surface area contributed by atoms with Crippen molar-refractivity contribution in [1.29, 1.82) is 0 Å². The molecular formula is C12H12N2O3S. The van der Waals surface area contributed by atoms with E-state index in [1.165, 1.54) is 12.3 Å². The van der Waals surface area contributed by atoms with E-state index in [0.717, 1.165) is 17.1 Å². The van der Waals surface area contributed by atoms with Crippen molar-refractivity contribution < 1.29 is 14.6 Å². The van der Waals surface area contributed by atoms with Crippen LogP contribution in [0.15, 0.2) is 23.7 Å². The molecule has 0 aliphatic heterocycles. The quantitative estimate of drug-likeness (QED) is 0.897.